The molecule has 2 aliphatic heterocycles. The summed E-state index contributed by atoms with van der Waals surface area (Å²) in [5.41, 5.74) is 5.12. The summed E-state index contributed by atoms with van der Waals surface area (Å²) < 4.78 is 6.03. The Hall–Kier alpha value is -2.06. The first kappa shape index (κ1) is 13.6. The Morgan fingerprint density at radius 3 is 2.77 bits per heavy atom. The highest BCUT2D eigenvalue weighted by atomic mass is 16.5. The van der Waals surface area contributed by atoms with Gasteiger partial charge in [0.1, 0.15) is 6.23 Å². The van der Waals surface area contributed by atoms with E-state index in [1.165, 1.54) is 22.4 Å². The van der Waals surface area contributed by atoms with Crippen molar-refractivity contribution in [2.24, 2.45) is 0 Å². The Labute approximate surface area is 131 Å². The van der Waals surface area contributed by atoms with E-state index in [0.717, 1.165) is 13.0 Å². The van der Waals surface area contributed by atoms with Crippen LogP contribution in [-0.4, -0.2) is 12.8 Å². The van der Waals surface area contributed by atoms with E-state index in [0.29, 0.717) is 0 Å². The Balaban J connectivity index is 1.87. The fraction of sp³-hybridized carbons (Fsp3) is 0.300. The van der Waals surface area contributed by atoms with E-state index in [9.17, 15) is 0 Å². The molecule has 1 fully saturated rings. The molecule has 2 aromatic carbocycles. The molecule has 2 aliphatic rings. The summed E-state index contributed by atoms with van der Waals surface area (Å²) in [5, 5.41) is 3.56. The van der Waals surface area contributed by atoms with Gasteiger partial charge >= 0.3 is 0 Å². The summed E-state index contributed by atoms with van der Waals surface area (Å²) in [6.45, 7) is 7.07. The topological polar surface area (TPSA) is 21.3 Å². The lowest BCUT2D eigenvalue weighted by molar-refractivity contribution is 0.103. The van der Waals surface area contributed by atoms with Crippen molar-refractivity contribution in [3.05, 3.63) is 77.9 Å². The summed E-state index contributed by atoms with van der Waals surface area (Å²) in [7, 11) is 0. The number of benzene rings is 2. The van der Waals surface area contributed by atoms with E-state index in [-0.39, 0.29) is 17.6 Å². The van der Waals surface area contributed by atoms with Crippen LogP contribution in [0.25, 0.3) is 0 Å². The third-order valence-electron chi connectivity index (χ3n) is 5.21. The summed E-state index contributed by atoms with van der Waals surface area (Å²) in [5.74, 6) is 0.247. The van der Waals surface area contributed by atoms with Gasteiger partial charge in [-0.3, -0.25) is 0 Å². The maximum Gasteiger partial charge on any atom is 0.138 e. The molecule has 0 unspecified atom stereocenters. The van der Waals surface area contributed by atoms with Crippen LogP contribution in [0.3, 0.4) is 0 Å². The second-order valence-corrected chi connectivity index (χ2v) is 6.36. The highest BCUT2D eigenvalue weighted by Gasteiger charge is 2.55. The summed E-state index contributed by atoms with van der Waals surface area (Å²) in [6, 6.07) is 17.4. The van der Waals surface area contributed by atoms with Crippen LogP contribution in [0.5, 0.6) is 0 Å². The van der Waals surface area contributed by atoms with Crippen molar-refractivity contribution < 1.29 is 4.74 Å². The van der Waals surface area contributed by atoms with Gasteiger partial charge in [-0.05, 0) is 30.5 Å². The van der Waals surface area contributed by atoms with Gasteiger partial charge in [0.15, 0.2) is 0 Å². The monoisotopic (exact) mass is 291 g/mol. The molecule has 0 aliphatic carbocycles. The average molecular weight is 291 g/mol. The third kappa shape index (κ3) is 1.77. The van der Waals surface area contributed by atoms with Crippen LogP contribution < -0.4 is 5.32 Å². The number of hydrogen-bond donors (Lipinski definition) is 1. The van der Waals surface area contributed by atoms with Gasteiger partial charge in [0.05, 0.1) is 12.0 Å². The number of hydrogen-bond acceptors (Lipinski definition) is 2. The molecule has 3 atom stereocenters. The fourth-order valence-electron chi connectivity index (χ4n) is 4.13. The molecule has 0 aromatic heterocycles. The lowest BCUT2D eigenvalue weighted by Gasteiger charge is -2.35. The molecule has 0 radical (unpaired) electrons. The van der Waals surface area contributed by atoms with Gasteiger partial charge in [-0.25, -0.2) is 0 Å². The van der Waals surface area contributed by atoms with E-state index in [1.807, 2.05) is 0 Å². The number of rotatable bonds is 3. The minimum Gasteiger partial charge on any atom is -0.359 e. The molecule has 0 spiro atoms. The number of para-hydroxylation sites is 1. The van der Waals surface area contributed by atoms with Crippen molar-refractivity contribution in [2.45, 2.75) is 30.9 Å². The Kier molecular flexibility index (Phi) is 3.08. The Morgan fingerprint density at radius 1 is 1.23 bits per heavy atom. The normalized spacial score (nSPS) is 26.9. The third-order valence-corrected chi connectivity index (χ3v) is 5.21. The highest BCUT2D eigenvalue weighted by molar-refractivity contribution is 5.64. The summed E-state index contributed by atoms with van der Waals surface area (Å²) in [6.07, 6.45) is 3.15. The molecule has 112 valence electrons. The molecule has 4 rings (SSSR count). The molecule has 2 aromatic rings. The van der Waals surface area contributed by atoms with Crippen molar-refractivity contribution >= 4 is 5.69 Å². The Morgan fingerprint density at radius 2 is 2.00 bits per heavy atom. The Bertz CT molecular complexity index is 706. The maximum absolute atomic E-state index is 6.03. The molecular weight excluding hydrogens is 270 g/mol. The lowest BCUT2D eigenvalue weighted by atomic mass is 9.67. The van der Waals surface area contributed by atoms with Crippen LogP contribution in [0.1, 0.15) is 29.0 Å². The number of nitrogens with one attached hydrogen (secondary N) is 1. The number of aryl methyl sites for hydroxylation is 1. The van der Waals surface area contributed by atoms with Crippen molar-refractivity contribution in [1.82, 2.24) is 0 Å². The first-order chi connectivity index (χ1) is 10.8. The first-order valence-electron chi connectivity index (χ1n) is 7.92. The van der Waals surface area contributed by atoms with E-state index in [4.69, 9.17) is 4.74 Å². The van der Waals surface area contributed by atoms with E-state index >= 15 is 0 Å². The van der Waals surface area contributed by atoms with E-state index in [1.54, 1.807) is 0 Å². The SMILES string of the molecule is C=C[C@@H](c1ccc(C)cc1)[C@@]12CCO[C@@H]1Nc1ccccc12. The van der Waals surface area contributed by atoms with Gasteiger partial charge < -0.3 is 10.1 Å². The highest BCUT2D eigenvalue weighted by Crippen LogP contribution is 2.55. The van der Waals surface area contributed by atoms with Gasteiger partial charge in [-0.1, -0.05) is 54.1 Å². The predicted octanol–water partition coefficient (Wildman–Crippen LogP) is 4.37. The van der Waals surface area contributed by atoms with Crippen molar-refractivity contribution in [2.75, 3.05) is 11.9 Å². The number of allylic oxidation sites excluding steroid dienone is 1. The lowest BCUT2D eigenvalue weighted by Crippen LogP contribution is -2.39. The number of ether oxygens (including phenoxy) is 1. The number of anilines is 1. The molecule has 2 heteroatoms. The first-order valence-corrected chi connectivity index (χ1v) is 7.92. The van der Waals surface area contributed by atoms with Crippen molar-refractivity contribution in [1.29, 1.82) is 0 Å². The molecule has 2 nitrogen and oxygen atoms in total. The fourth-order valence-corrected chi connectivity index (χ4v) is 4.13. The van der Waals surface area contributed by atoms with E-state index in [2.05, 4.69) is 73.4 Å². The molecule has 2 heterocycles. The zero-order valence-electron chi connectivity index (χ0n) is 12.9. The van der Waals surface area contributed by atoms with Crippen LogP contribution in [-0.2, 0) is 10.2 Å². The van der Waals surface area contributed by atoms with Crippen LogP contribution in [0.4, 0.5) is 5.69 Å². The van der Waals surface area contributed by atoms with Crippen LogP contribution in [0, 0.1) is 6.92 Å². The van der Waals surface area contributed by atoms with Gasteiger partial charge in [0.25, 0.3) is 0 Å². The summed E-state index contributed by atoms with van der Waals surface area (Å²) in [4.78, 5) is 0. The molecule has 1 saturated heterocycles. The minimum atomic E-state index is -0.0480. The minimum absolute atomic E-state index is 0.0363. The molecular formula is C20H21NO. The zero-order valence-corrected chi connectivity index (χ0v) is 12.9. The molecule has 0 saturated carbocycles. The maximum atomic E-state index is 6.03. The second-order valence-electron chi connectivity index (χ2n) is 6.36. The molecule has 1 N–H and O–H groups in total. The van der Waals surface area contributed by atoms with Gasteiger partial charge in [0.2, 0.25) is 0 Å². The number of fused-ring (bicyclic) bond motifs is 3. The second kappa shape index (κ2) is 4.99. The smallest absolute Gasteiger partial charge is 0.138 e. The van der Waals surface area contributed by atoms with E-state index < -0.39 is 0 Å². The van der Waals surface area contributed by atoms with Gasteiger partial charge in [-0.2, -0.15) is 0 Å². The largest absolute Gasteiger partial charge is 0.359 e. The van der Waals surface area contributed by atoms with Crippen molar-refractivity contribution in [3.63, 3.8) is 0 Å². The van der Waals surface area contributed by atoms with Crippen LogP contribution in [0.2, 0.25) is 0 Å². The quantitative estimate of drug-likeness (QED) is 0.848. The average Bonchev–Trinajstić information content (AvgIpc) is 3.07. The van der Waals surface area contributed by atoms with Crippen LogP contribution >= 0.6 is 0 Å². The predicted molar refractivity (Wildman–Crippen MR) is 90.2 cm³/mol. The molecule has 0 bridgehead atoms. The standard InChI is InChI=1S/C20H21NO/c1-3-16(15-10-8-14(2)9-11-15)20-12-13-22-19(20)21-18-7-5-4-6-17(18)20/h3-11,16,19,21H,1,12-13H2,2H3/t16-,19-,20+/m0/s1. The zero-order chi connectivity index (χ0) is 15.2. The summed E-state index contributed by atoms with van der Waals surface area (Å²) >= 11 is 0. The van der Waals surface area contributed by atoms with Gasteiger partial charge in [0, 0.05) is 11.6 Å². The van der Waals surface area contributed by atoms with Crippen molar-refractivity contribution in [3.8, 4) is 0 Å². The van der Waals surface area contributed by atoms with Gasteiger partial charge in [-0.15, -0.1) is 6.58 Å². The molecule has 22 heavy (non-hydrogen) atoms. The molecule has 0 amide bonds. The van der Waals surface area contributed by atoms with Crippen LogP contribution in [0.15, 0.2) is 61.2 Å².